The van der Waals surface area contributed by atoms with Crippen LogP contribution in [-0.2, 0) is 16.6 Å². The van der Waals surface area contributed by atoms with Gasteiger partial charge in [-0.1, -0.05) is 13.0 Å². The van der Waals surface area contributed by atoms with E-state index in [1.165, 1.54) is 16.4 Å². The van der Waals surface area contributed by atoms with Crippen molar-refractivity contribution in [1.29, 1.82) is 5.26 Å². The fraction of sp³-hybridized carbons (Fsp3) is 0.417. The number of sulfonamides is 1. The second kappa shape index (κ2) is 4.67. The van der Waals surface area contributed by atoms with Crippen LogP contribution < -0.4 is 0 Å². The van der Waals surface area contributed by atoms with Crippen LogP contribution in [0.15, 0.2) is 18.2 Å². The average Bonchev–Trinajstić information content (AvgIpc) is 2.54. The summed E-state index contributed by atoms with van der Waals surface area (Å²) in [5.41, 5.74) is 0.528. The van der Waals surface area contributed by atoms with Gasteiger partial charge in [0.25, 0.3) is 0 Å². The number of rotatable bonds is 2. The van der Waals surface area contributed by atoms with Crippen LogP contribution in [0.2, 0.25) is 0 Å². The Balaban J connectivity index is 2.23. The SMILES string of the molecule is CC1CN(Cc2ccc(C#N)cc2F)S(=O)(=O)C1. The lowest BCUT2D eigenvalue weighted by atomic mass is 10.1. The first-order chi connectivity index (χ1) is 8.42. The van der Waals surface area contributed by atoms with Gasteiger partial charge in [-0.3, -0.25) is 0 Å². The molecule has 2 rings (SSSR count). The second-order valence-corrected chi connectivity index (χ2v) is 6.61. The van der Waals surface area contributed by atoms with Gasteiger partial charge in [-0.15, -0.1) is 0 Å². The Morgan fingerprint density at radius 2 is 2.28 bits per heavy atom. The zero-order valence-electron chi connectivity index (χ0n) is 9.93. The van der Waals surface area contributed by atoms with E-state index in [4.69, 9.17) is 5.26 Å². The van der Waals surface area contributed by atoms with Crippen LogP contribution in [0.5, 0.6) is 0 Å². The molecule has 0 bridgehead atoms. The van der Waals surface area contributed by atoms with Gasteiger partial charge >= 0.3 is 0 Å². The van der Waals surface area contributed by atoms with Crippen molar-refractivity contribution in [1.82, 2.24) is 4.31 Å². The Morgan fingerprint density at radius 3 is 2.78 bits per heavy atom. The molecule has 1 saturated heterocycles. The molecule has 1 aromatic rings. The highest BCUT2D eigenvalue weighted by atomic mass is 32.2. The van der Waals surface area contributed by atoms with Crippen molar-refractivity contribution in [3.05, 3.63) is 35.1 Å². The Bertz CT molecular complexity index is 607. The lowest BCUT2D eigenvalue weighted by Crippen LogP contribution is -2.25. The van der Waals surface area contributed by atoms with Crippen LogP contribution >= 0.6 is 0 Å². The highest BCUT2D eigenvalue weighted by Crippen LogP contribution is 2.22. The predicted octanol–water partition coefficient (Wildman–Crippen LogP) is 1.48. The Kier molecular flexibility index (Phi) is 3.37. The third-order valence-corrected chi connectivity index (χ3v) is 4.99. The first-order valence-electron chi connectivity index (χ1n) is 5.59. The van der Waals surface area contributed by atoms with Gasteiger partial charge in [0.05, 0.1) is 17.4 Å². The molecule has 96 valence electrons. The molecule has 1 aromatic carbocycles. The third-order valence-electron chi connectivity index (χ3n) is 2.93. The van der Waals surface area contributed by atoms with Crippen molar-refractivity contribution >= 4 is 10.0 Å². The molecule has 4 nitrogen and oxygen atoms in total. The number of nitrogens with zero attached hydrogens (tertiary/aromatic N) is 2. The normalized spacial score (nSPS) is 22.8. The molecule has 1 aliphatic rings. The standard InChI is InChI=1S/C12H13FN2O2S/c1-9-6-15(18(16,17)8-9)7-11-3-2-10(5-14)4-12(11)13/h2-4,9H,6-8H2,1H3. The first-order valence-corrected chi connectivity index (χ1v) is 7.19. The lowest BCUT2D eigenvalue weighted by molar-refractivity contribution is 0.401. The van der Waals surface area contributed by atoms with Crippen LogP contribution in [0.3, 0.4) is 0 Å². The fourth-order valence-electron chi connectivity index (χ4n) is 2.08. The third kappa shape index (κ3) is 2.52. The summed E-state index contributed by atoms with van der Waals surface area (Å²) >= 11 is 0. The van der Waals surface area contributed by atoms with Gasteiger partial charge in [0.2, 0.25) is 10.0 Å². The Labute approximate surface area is 106 Å². The largest absolute Gasteiger partial charge is 0.214 e. The number of halogens is 1. The minimum Gasteiger partial charge on any atom is -0.212 e. The van der Waals surface area contributed by atoms with Gasteiger partial charge in [0.1, 0.15) is 5.82 Å². The molecule has 1 fully saturated rings. The molecular weight excluding hydrogens is 255 g/mol. The number of nitriles is 1. The predicted molar refractivity (Wildman–Crippen MR) is 64.5 cm³/mol. The van der Waals surface area contributed by atoms with Crippen LogP contribution in [0, 0.1) is 23.1 Å². The second-order valence-electron chi connectivity index (χ2n) is 4.59. The number of hydrogen-bond acceptors (Lipinski definition) is 3. The van der Waals surface area contributed by atoms with Crippen LogP contribution in [-0.4, -0.2) is 25.0 Å². The van der Waals surface area contributed by atoms with Gasteiger partial charge in [-0.2, -0.15) is 9.57 Å². The van der Waals surface area contributed by atoms with Gasteiger partial charge in [-0.25, -0.2) is 12.8 Å². The molecule has 18 heavy (non-hydrogen) atoms. The topological polar surface area (TPSA) is 61.2 Å². The maximum atomic E-state index is 13.7. The molecule has 0 amide bonds. The van der Waals surface area contributed by atoms with Crippen molar-refractivity contribution in [3.63, 3.8) is 0 Å². The van der Waals surface area contributed by atoms with E-state index in [1.807, 2.05) is 13.0 Å². The molecular formula is C12H13FN2O2S. The summed E-state index contributed by atoms with van der Waals surface area (Å²) in [5, 5.41) is 8.63. The molecule has 1 aliphatic heterocycles. The van der Waals surface area contributed by atoms with E-state index in [0.29, 0.717) is 12.1 Å². The van der Waals surface area contributed by atoms with E-state index < -0.39 is 15.8 Å². The molecule has 0 aromatic heterocycles. The molecule has 0 N–H and O–H groups in total. The highest BCUT2D eigenvalue weighted by Gasteiger charge is 2.33. The van der Waals surface area contributed by atoms with Crippen molar-refractivity contribution < 1.29 is 12.8 Å². The van der Waals surface area contributed by atoms with Gasteiger partial charge in [0, 0.05) is 18.7 Å². The summed E-state index contributed by atoms with van der Waals surface area (Å²) in [4.78, 5) is 0. The van der Waals surface area contributed by atoms with E-state index in [0.717, 1.165) is 6.07 Å². The summed E-state index contributed by atoms with van der Waals surface area (Å²) < 4.78 is 38.5. The van der Waals surface area contributed by atoms with E-state index in [2.05, 4.69) is 0 Å². The van der Waals surface area contributed by atoms with Gasteiger partial charge < -0.3 is 0 Å². The zero-order chi connectivity index (χ0) is 13.3. The summed E-state index contributed by atoms with van der Waals surface area (Å²) in [6.07, 6.45) is 0. The molecule has 0 spiro atoms. The summed E-state index contributed by atoms with van der Waals surface area (Å²) in [5.74, 6) is -0.356. The van der Waals surface area contributed by atoms with E-state index in [1.54, 1.807) is 0 Å². The van der Waals surface area contributed by atoms with Crippen LogP contribution in [0.25, 0.3) is 0 Å². The summed E-state index contributed by atoms with van der Waals surface area (Å²) in [6, 6.07) is 5.92. The first kappa shape index (κ1) is 13.0. The van der Waals surface area contributed by atoms with Gasteiger partial charge in [0.15, 0.2) is 0 Å². The highest BCUT2D eigenvalue weighted by molar-refractivity contribution is 7.89. The maximum absolute atomic E-state index is 13.7. The van der Waals surface area contributed by atoms with Crippen LogP contribution in [0.4, 0.5) is 4.39 Å². The molecule has 0 aliphatic carbocycles. The molecule has 1 atom stereocenters. The van der Waals surface area contributed by atoms with Crippen molar-refractivity contribution in [2.75, 3.05) is 12.3 Å². The average molecular weight is 268 g/mol. The van der Waals surface area contributed by atoms with Crippen molar-refractivity contribution in [2.24, 2.45) is 5.92 Å². The minimum atomic E-state index is -3.27. The smallest absolute Gasteiger partial charge is 0.212 e. The number of hydrogen-bond donors (Lipinski definition) is 0. The molecule has 1 heterocycles. The fourth-order valence-corrected chi connectivity index (χ4v) is 3.93. The van der Waals surface area contributed by atoms with Crippen molar-refractivity contribution in [3.8, 4) is 6.07 Å². The minimum absolute atomic E-state index is 0.0320. The molecule has 6 heteroatoms. The summed E-state index contributed by atoms with van der Waals surface area (Å²) in [6.45, 7) is 2.30. The van der Waals surface area contributed by atoms with Gasteiger partial charge in [-0.05, 0) is 18.1 Å². The molecule has 1 unspecified atom stereocenters. The number of benzene rings is 1. The monoisotopic (exact) mass is 268 g/mol. The van der Waals surface area contributed by atoms with E-state index in [9.17, 15) is 12.8 Å². The maximum Gasteiger partial charge on any atom is 0.214 e. The van der Waals surface area contributed by atoms with E-state index in [-0.39, 0.29) is 23.8 Å². The molecule has 0 saturated carbocycles. The Hall–Kier alpha value is -1.45. The molecule has 0 radical (unpaired) electrons. The summed E-state index contributed by atoms with van der Waals surface area (Å²) in [7, 11) is -3.27. The lowest BCUT2D eigenvalue weighted by Gasteiger charge is -2.14. The Morgan fingerprint density at radius 1 is 1.56 bits per heavy atom. The van der Waals surface area contributed by atoms with Crippen molar-refractivity contribution in [2.45, 2.75) is 13.5 Å². The quantitative estimate of drug-likeness (QED) is 0.816. The van der Waals surface area contributed by atoms with E-state index >= 15 is 0 Å². The van der Waals surface area contributed by atoms with Crippen LogP contribution in [0.1, 0.15) is 18.1 Å². The zero-order valence-corrected chi connectivity index (χ0v) is 10.7.